The van der Waals surface area contributed by atoms with Crippen LogP contribution in [0.15, 0.2) is 59.7 Å². The van der Waals surface area contributed by atoms with Gasteiger partial charge in [0.15, 0.2) is 5.78 Å². The van der Waals surface area contributed by atoms with E-state index in [0.29, 0.717) is 11.3 Å². The number of hydrogen-bond acceptors (Lipinski definition) is 3. The van der Waals surface area contributed by atoms with Gasteiger partial charge in [-0.1, -0.05) is 35.5 Å². The molecule has 0 aliphatic rings. The Morgan fingerprint density at radius 3 is 2.35 bits per heavy atom. The summed E-state index contributed by atoms with van der Waals surface area (Å²) in [6.45, 7) is 0. The van der Waals surface area contributed by atoms with Gasteiger partial charge in [0, 0.05) is 16.2 Å². The number of azide groups is 1. The summed E-state index contributed by atoms with van der Waals surface area (Å²) in [5.41, 5.74) is 10.1. The van der Waals surface area contributed by atoms with Crippen molar-refractivity contribution in [3.63, 3.8) is 0 Å². The second-order valence-corrected chi connectivity index (χ2v) is 4.03. The van der Waals surface area contributed by atoms with Crippen molar-refractivity contribution in [3.8, 4) is 5.75 Å². The number of aromatic hydroxyl groups is 1. The first-order valence-corrected chi connectivity index (χ1v) is 5.85. The van der Waals surface area contributed by atoms with Gasteiger partial charge >= 0.3 is 0 Å². The smallest absolute Gasteiger partial charge is 0.185 e. The molecule has 0 saturated heterocycles. The van der Waals surface area contributed by atoms with E-state index in [2.05, 4.69) is 10.0 Å². The highest BCUT2D eigenvalue weighted by molar-refractivity contribution is 6.06. The third-order valence-electron chi connectivity index (χ3n) is 2.63. The number of allylic oxidation sites excluding steroid dienone is 1. The Morgan fingerprint density at radius 2 is 1.75 bits per heavy atom. The van der Waals surface area contributed by atoms with Crippen molar-refractivity contribution in [3.05, 3.63) is 76.2 Å². The quantitative estimate of drug-likeness (QED) is 0.295. The molecule has 0 spiro atoms. The van der Waals surface area contributed by atoms with Crippen LogP contribution in [0.1, 0.15) is 15.9 Å². The molecule has 98 valence electrons. The van der Waals surface area contributed by atoms with Gasteiger partial charge < -0.3 is 5.11 Å². The first-order chi connectivity index (χ1) is 9.69. The minimum atomic E-state index is -0.149. The predicted octanol–water partition coefficient (Wildman–Crippen LogP) is 4.23. The number of phenolic OH excluding ortho intramolecular Hbond substituents is 1. The fourth-order valence-electron chi connectivity index (χ4n) is 1.60. The monoisotopic (exact) mass is 265 g/mol. The number of rotatable bonds is 4. The minimum Gasteiger partial charge on any atom is -0.508 e. The van der Waals surface area contributed by atoms with Gasteiger partial charge in [-0.25, -0.2) is 0 Å². The van der Waals surface area contributed by atoms with E-state index >= 15 is 0 Å². The average Bonchev–Trinajstić information content (AvgIpc) is 2.47. The van der Waals surface area contributed by atoms with E-state index in [1.807, 2.05) is 0 Å². The Morgan fingerprint density at radius 1 is 1.10 bits per heavy atom. The summed E-state index contributed by atoms with van der Waals surface area (Å²) in [4.78, 5) is 14.6. The number of carbonyl (C=O) groups excluding carboxylic acids is 1. The molecule has 0 aliphatic heterocycles. The zero-order valence-electron chi connectivity index (χ0n) is 10.5. The van der Waals surface area contributed by atoms with E-state index in [1.165, 1.54) is 18.2 Å². The lowest BCUT2D eigenvalue weighted by molar-refractivity contribution is 0.104. The van der Waals surface area contributed by atoms with Gasteiger partial charge in [0.25, 0.3) is 0 Å². The van der Waals surface area contributed by atoms with Gasteiger partial charge in [-0.05, 0) is 41.4 Å². The molecule has 2 rings (SSSR count). The van der Waals surface area contributed by atoms with E-state index in [1.54, 1.807) is 42.5 Å². The van der Waals surface area contributed by atoms with E-state index in [9.17, 15) is 4.79 Å². The van der Waals surface area contributed by atoms with Gasteiger partial charge in [0.05, 0.1) is 0 Å². The Kier molecular flexibility index (Phi) is 4.17. The normalized spacial score (nSPS) is 10.2. The predicted molar refractivity (Wildman–Crippen MR) is 76.7 cm³/mol. The second-order valence-electron chi connectivity index (χ2n) is 4.03. The molecule has 0 fully saturated rings. The lowest BCUT2D eigenvalue weighted by Gasteiger charge is -1.97. The molecule has 0 unspecified atom stereocenters. The summed E-state index contributed by atoms with van der Waals surface area (Å²) in [6, 6.07) is 12.9. The van der Waals surface area contributed by atoms with Crippen molar-refractivity contribution in [1.82, 2.24) is 0 Å². The third kappa shape index (κ3) is 3.48. The van der Waals surface area contributed by atoms with Crippen LogP contribution in [0.3, 0.4) is 0 Å². The highest BCUT2D eigenvalue weighted by atomic mass is 16.3. The zero-order chi connectivity index (χ0) is 14.4. The topological polar surface area (TPSA) is 86.1 Å². The third-order valence-corrected chi connectivity index (χ3v) is 2.63. The summed E-state index contributed by atoms with van der Waals surface area (Å²) >= 11 is 0. The summed E-state index contributed by atoms with van der Waals surface area (Å²) < 4.78 is 0. The summed E-state index contributed by atoms with van der Waals surface area (Å²) in [7, 11) is 0. The fraction of sp³-hybridized carbons (Fsp3) is 0. The Labute approximate surface area is 115 Å². The molecule has 0 aromatic heterocycles. The van der Waals surface area contributed by atoms with Crippen LogP contribution in [0, 0.1) is 0 Å². The molecule has 2 aromatic rings. The van der Waals surface area contributed by atoms with Crippen LogP contribution >= 0.6 is 0 Å². The molecule has 20 heavy (non-hydrogen) atoms. The standard InChI is InChI=1S/C15H11N3O2/c16-18-17-13-6-1-11(2-7-13)3-10-15(20)12-4-8-14(19)9-5-12/h1-10,19H. The SMILES string of the molecule is [N-]=[N+]=Nc1ccc(C=CC(=O)c2ccc(O)cc2)cc1. The number of hydrogen-bond donors (Lipinski definition) is 1. The zero-order valence-corrected chi connectivity index (χ0v) is 10.5. The Bertz CT molecular complexity index is 682. The van der Waals surface area contributed by atoms with Crippen LogP contribution < -0.4 is 0 Å². The molecule has 0 bridgehead atoms. The van der Waals surface area contributed by atoms with Crippen LogP contribution in [0.2, 0.25) is 0 Å². The summed E-state index contributed by atoms with van der Waals surface area (Å²) in [5, 5.41) is 12.6. The molecule has 0 amide bonds. The highest BCUT2D eigenvalue weighted by Gasteiger charge is 2.01. The summed E-state index contributed by atoms with van der Waals surface area (Å²) in [5.74, 6) is -0.0247. The lowest BCUT2D eigenvalue weighted by Crippen LogP contribution is -1.92. The van der Waals surface area contributed by atoms with Crippen LogP contribution in [0.25, 0.3) is 16.5 Å². The van der Waals surface area contributed by atoms with Crippen LogP contribution in [0.4, 0.5) is 5.69 Å². The Balaban J connectivity index is 2.10. The van der Waals surface area contributed by atoms with Gasteiger partial charge in [0.2, 0.25) is 0 Å². The maximum atomic E-state index is 11.9. The molecule has 0 radical (unpaired) electrons. The molecule has 2 aromatic carbocycles. The number of nitrogens with zero attached hydrogens (tertiary/aromatic N) is 3. The maximum absolute atomic E-state index is 11.9. The summed E-state index contributed by atoms with van der Waals surface area (Å²) in [6.07, 6.45) is 3.13. The lowest BCUT2D eigenvalue weighted by atomic mass is 10.1. The van der Waals surface area contributed by atoms with Crippen molar-refractivity contribution in [1.29, 1.82) is 0 Å². The van der Waals surface area contributed by atoms with Crippen molar-refractivity contribution in [2.45, 2.75) is 0 Å². The van der Waals surface area contributed by atoms with Crippen LogP contribution in [0.5, 0.6) is 5.75 Å². The van der Waals surface area contributed by atoms with Gasteiger partial charge in [-0.2, -0.15) is 0 Å². The molecule has 5 nitrogen and oxygen atoms in total. The van der Waals surface area contributed by atoms with Crippen LogP contribution in [-0.2, 0) is 0 Å². The molecule has 1 N–H and O–H groups in total. The molecular formula is C15H11N3O2. The van der Waals surface area contributed by atoms with E-state index in [4.69, 9.17) is 10.6 Å². The molecule has 0 aliphatic carbocycles. The van der Waals surface area contributed by atoms with Crippen molar-refractivity contribution < 1.29 is 9.90 Å². The second kappa shape index (κ2) is 6.22. The van der Waals surface area contributed by atoms with E-state index < -0.39 is 0 Å². The van der Waals surface area contributed by atoms with Gasteiger partial charge in [-0.15, -0.1) is 0 Å². The molecular weight excluding hydrogens is 254 g/mol. The van der Waals surface area contributed by atoms with Crippen LogP contribution in [-0.4, -0.2) is 10.9 Å². The first kappa shape index (κ1) is 13.4. The largest absolute Gasteiger partial charge is 0.508 e. The van der Waals surface area contributed by atoms with Crippen molar-refractivity contribution >= 4 is 17.5 Å². The molecule has 0 atom stereocenters. The van der Waals surface area contributed by atoms with Gasteiger partial charge in [0.1, 0.15) is 5.75 Å². The number of ketones is 1. The van der Waals surface area contributed by atoms with Crippen molar-refractivity contribution in [2.24, 2.45) is 5.11 Å². The van der Waals surface area contributed by atoms with Crippen molar-refractivity contribution in [2.75, 3.05) is 0 Å². The molecule has 5 heteroatoms. The van der Waals surface area contributed by atoms with E-state index in [-0.39, 0.29) is 11.5 Å². The number of carbonyl (C=O) groups is 1. The number of phenols is 1. The minimum absolute atomic E-state index is 0.124. The molecule has 0 heterocycles. The average molecular weight is 265 g/mol. The highest BCUT2D eigenvalue weighted by Crippen LogP contribution is 2.15. The molecule has 0 saturated carbocycles. The maximum Gasteiger partial charge on any atom is 0.185 e. The van der Waals surface area contributed by atoms with Gasteiger partial charge in [-0.3, -0.25) is 4.79 Å². The fourth-order valence-corrected chi connectivity index (χ4v) is 1.60. The Hall–Kier alpha value is -3.04. The van der Waals surface area contributed by atoms with E-state index in [0.717, 1.165) is 5.56 Å². The number of benzene rings is 2. The first-order valence-electron chi connectivity index (χ1n) is 5.85.